The van der Waals surface area contributed by atoms with E-state index in [2.05, 4.69) is 11.2 Å². The van der Waals surface area contributed by atoms with Crippen molar-refractivity contribution in [1.29, 1.82) is 5.26 Å². The number of nitrogens with zero attached hydrogens (tertiary/aromatic N) is 3. The van der Waals surface area contributed by atoms with Gasteiger partial charge in [-0.3, -0.25) is 4.68 Å². The van der Waals surface area contributed by atoms with Gasteiger partial charge in [-0.15, -0.1) is 0 Å². The lowest BCUT2D eigenvalue weighted by molar-refractivity contribution is 0.00578. The highest BCUT2D eigenvalue weighted by Crippen LogP contribution is 2.36. The molecule has 0 radical (unpaired) electrons. The summed E-state index contributed by atoms with van der Waals surface area (Å²) in [6, 6.07) is 2.30. The lowest BCUT2D eigenvalue weighted by atomic mass is 9.82. The zero-order valence-corrected chi connectivity index (χ0v) is 13.8. The fourth-order valence-electron chi connectivity index (χ4n) is 2.05. The molecule has 6 heteroatoms. The maximum Gasteiger partial charge on any atom is 0.498 e. The third-order valence-electron chi connectivity index (χ3n) is 4.45. The van der Waals surface area contributed by atoms with E-state index >= 15 is 0 Å². The highest BCUT2D eigenvalue weighted by atomic mass is 16.7. The van der Waals surface area contributed by atoms with Gasteiger partial charge < -0.3 is 9.31 Å². The topological polar surface area (TPSA) is 60.1 Å². The lowest BCUT2D eigenvalue weighted by Crippen LogP contribution is -2.41. The maximum atomic E-state index is 9.05. The molecule has 0 aliphatic carbocycles. The maximum absolute atomic E-state index is 9.05. The fraction of sp³-hybridized carbons (Fsp3) is 0.733. The zero-order valence-electron chi connectivity index (χ0n) is 13.8. The van der Waals surface area contributed by atoms with Crippen molar-refractivity contribution in [2.75, 3.05) is 0 Å². The van der Waals surface area contributed by atoms with Crippen LogP contribution in [0.3, 0.4) is 0 Å². The van der Waals surface area contributed by atoms with Gasteiger partial charge in [0.15, 0.2) is 0 Å². The number of hydrogen-bond donors (Lipinski definition) is 0. The molecule has 1 aromatic heterocycles. The Kier molecular flexibility index (Phi) is 3.94. The van der Waals surface area contributed by atoms with Gasteiger partial charge in [0.2, 0.25) is 0 Å². The van der Waals surface area contributed by atoms with Gasteiger partial charge in [-0.1, -0.05) is 0 Å². The van der Waals surface area contributed by atoms with Gasteiger partial charge in [0, 0.05) is 24.4 Å². The van der Waals surface area contributed by atoms with Crippen LogP contribution >= 0.6 is 0 Å². The Bertz CT molecular complexity index is 542. The van der Waals surface area contributed by atoms with Crippen molar-refractivity contribution in [3.05, 3.63) is 12.4 Å². The summed E-state index contributed by atoms with van der Waals surface area (Å²) in [6.07, 6.45) is 4.48. The molecule has 0 unspecified atom stereocenters. The van der Waals surface area contributed by atoms with Crippen molar-refractivity contribution < 1.29 is 9.31 Å². The fourth-order valence-corrected chi connectivity index (χ4v) is 2.05. The predicted molar refractivity (Wildman–Crippen MR) is 82.0 cm³/mol. The van der Waals surface area contributed by atoms with Crippen molar-refractivity contribution in [3.63, 3.8) is 0 Å². The molecule has 2 rings (SSSR count). The summed E-state index contributed by atoms with van der Waals surface area (Å²) in [4.78, 5) is 0. The van der Waals surface area contributed by atoms with E-state index < -0.39 is 0 Å². The van der Waals surface area contributed by atoms with Gasteiger partial charge in [0.25, 0.3) is 0 Å². The second kappa shape index (κ2) is 5.15. The molecule has 0 atom stereocenters. The van der Waals surface area contributed by atoms with Crippen LogP contribution < -0.4 is 5.46 Å². The minimum absolute atomic E-state index is 0.337. The standard InChI is InChI=1S/C15H24BN3O2/c1-13(2,11-17)7-8-19-10-12(9-18-19)16-20-14(3,4)15(5,6)21-16/h9-10H,7-8H2,1-6H3. The molecule has 2 heterocycles. The first kappa shape index (κ1) is 16.1. The molecule has 0 bridgehead atoms. The van der Waals surface area contributed by atoms with Crippen molar-refractivity contribution in [2.24, 2.45) is 5.41 Å². The summed E-state index contributed by atoms with van der Waals surface area (Å²) in [5.41, 5.74) is -0.106. The third-order valence-corrected chi connectivity index (χ3v) is 4.45. The third kappa shape index (κ3) is 3.30. The molecule has 1 aliphatic heterocycles. The van der Waals surface area contributed by atoms with Crippen LogP contribution in [-0.4, -0.2) is 28.1 Å². The summed E-state index contributed by atoms with van der Waals surface area (Å²) >= 11 is 0. The van der Waals surface area contributed by atoms with Crippen LogP contribution in [0, 0.1) is 16.7 Å². The first-order valence-electron chi connectivity index (χ1n) is 7.36. The first-order chi connectivity index (χ1) is 9.56. The van der Waals surface area contributed by atoms with E-state index in [0.717, 1.165) is 11.9 Å². The van der Waals surface area contributed by atoms with Crippen molar-refractivity contribution in [3.8, 4) is 6.07 Å². The normalized spacial score (nSPS) is 20.5. The van der Waals surface area contributed by atoms with Gasteiger partial charge in [0.1, 0.15) is 0 Å². The molecule has 114 valence electrons. The average Bonchev–Trinajstić information content (AvgIpc) is 2.91. The Hall–Kier alpha value is -1.32. The molecular formula is C15H24BN3O2. The average molecular weight is 289 g/mol. The van der Waals surface area contributed by atoms with Crippen molar-refractivity contribution >= 4 is 12.6 Å². The van der Waals surface area contributed by atoms with Gasteiger partial charge >= 0.3 is 7.12 Å². The van der Waals surface area contributed by atoms with Crippen molar-refractivity contribution in [1.82, 2.24) is 9.78 Å². The number of rotatable bonds is 4. The van der Waals surface area contributed by atoms with Crippen LogP contribution in [0.25, 0.3) is 0 Å². The van der Waals surface area contributed by atoms with Crippen LogP contribution in [0.15, 0.2) is 12.4 Å². The Morgan fingerprint density at radius 2 is 1.86 bits per heavy atom. The summed E-state index contributed by atoms with van der Waals surface area (Å²) in [5.74, 6) is 0. The summed E-state index contributed by atoms with van der Waals surface area (Å²) < 4.78 is 13.9. The molecule has 21 heavy (non-hydrogen) atoms. The lowest BCUT2D eigenvalue weighted by Gasteiger charge is -2.32. The van der Waals surface area contributed by atoms with E-state index in [1.165, 1.54) is 0 Å². The summed E-state index contributed by atoms with van der Waals surface area (Å²) in [5, 5.41) is 13.4. The van der Waals surface area contributed by atoms with Gasteiger partial charge in [-0.2, -0.15) is 10.4 Å². The molecule has 0 spiro atoms. The SMILES string of the molecule is CC(C)(C#N)CCn1cc(B2OC(C)(C)C(C)(C)O2)cn1. The molecule has 0 saturated carbocycles. The minimum atomic E-state index is -0.382. The summed E-state index contributed by atoms with van der Waals surface area (Å²) in [6.45, 7) is 12.7. The quantitative estimate of drug-likeness (QED) is 0.797. The number of aryl methyl sites for hydroxylation is 1. The monoisotopic (exact) mass is 289 g/mol. The molecule has 1 saturated heterocycles. The second-order valence-electron chi connectivity index (χ2n) is 7.37. The van der Waals surface area contributed by atoms with E-state index in [1.807, 2.05) is 52.4 Å². The largest absolute Gasteiger partial charge is 0.498 e. The number of nitriles is 1. The van der Waals surface area contributed by atoms with Crippen molar-refractivity contribution in [2.45, 2.75) is 65.7 Å². The minimum Gasteiger partial charge on any atom is -0.399 e. The molecule has 5 nitrogen and oxygen atoms in total. The van der Waals surface area contributed by atoms with Gasteiger partial charge in [0.05, 0.1) is 22.7 Å². The van der Waals surface area contributed by atoms with Crippen LogP contribution in [0.2, 0.25) is 0 Å². The predicted octanol–water partition coefficient (Wildman–Crippen LogP) is 2.12. The molecule has 0 N–H and O–H groups in total. The Morgan fingerprint density at radius 3 is 2.38 bits per heavy atom. The Balaban J connectivity index is 2.04. The van der Waals surface area contributed by atoms with E-state index in [4.69, 9.17) is 14.6 Å². The highest BCUT2D eigenvalue weighted by molar-refractivity contribution is 6.61. The van der Waals surface area contributed by atoms with Crippen LogP contribution in [-0.2, 0) is 15.9 Å². The Morgan fingerprint density at radius 1 is 1.29 bits per heavy atom. The Labute approximate surface area is 127 Å². The van der Waals surface area contributed by atoms with Crippen LogP contribution in [0.1, 0.15) is 48.0 Å². The molecule has 0 aromatic carbocycles. The van der Waals surface area contributed by atoms with E-state index in [9.17, 15) is 0 Å². The van der Waals surface area contributed by atoms with Gasteiger partial charge in [-0.25, -0.2) is 0 Å². The molecule has 1 fully saturated rings. The molecule has 0 amide bonds. The summed E-state index contributed by atoms with van der Waals surface area (Å²) in [7, 11) is -0.382. The second-order valence-corrected chi connectivity index (χ2v) is 7.37. The number of aromatic nitrogens is 2. The van der Waals surface area contributed by atoms with E-state index in [1.54, 1.807) is 6.20 Å². The molecule has 1 aromatic rings. The van der Waals surface area contributed by atoms with E-state index in [0.29, 0.717) is 6.54 Å². The molecular weight excluding hydrogens is 265 g/mol. The first-order valence-corrected chi connectivity index (χ1v) is 7.36. The smallest absolute Gasteiger partial charge is 0.399 e. The molecule has 1 aliphatic rings. The highest BCUT2D eigenvalue weighted by Gasteiger charge is 2.52. The number of hydrogen-bond acceptors (Lipinski definition) is 4. The van der Waals surface area contributed by atoms with Crippen LogP contribution in [0.5, 0.6) is 0 Å². The van der Waals surface area contributed by atoms with E-state index in [-0.39, 0.29) is 23.7 Å². The zero-order chi connectivity index (χ0) is 15.9. The van der Waals surface area contributed by atoms with Crippen LogP contribution in [0.4, 0.5) is 0 Å². The van der Waals surface area contributed by atoms with Gasteiger partial charge in [-0.05, 0) is 48.0 Å².